The van der Waals surface area contributed by atoms with Crippen LogP contribution in [-0.2, 0) is 14.8 Å². The monoisotopic (exact) mass is 320 g/mol. The second kappa shape index (κ2) is 6.04. The van der Waals surface area contributed by atoms with Crippen LogP contribution in [0.25, 0.3) is 0 Å². The minimum atomic E-state index is -4.04. The number of carboxylic acid groups (broad SMARTS) is 1. The van der Waals surface area contributed by atoms with Crippen LogP contribution in [0.2, 0.25) is 0 Å². The van der Waals surface area contributed by atoms with Gasteiger partial charge in [-0.2, -0.15) is 4.31 Å². The van der Waals surface area contributed by atoms with Crippen molar-refractivity contribution in [3.8, 4) is 0 Å². The Morgan fingerprint density at radius 1 is 1.19 bits per heavy atom. The largest absolute Gasteiger partial charge is 0.480 e. The van der Waals surface area contributed by atoms with E-state index in [4.69, 9.17) is 5.11 Å². The Labute approximate surface area is 120 Å². The summed E-state index contributed by atoms with van der Waals surface area (Å²) in [6, 6.07) is 2.30. The normalized spacial score (nSPS) is 17.8. The van der Waals surface area contributed by atoms with Crippen molar-refractivity contribution in [3.63, 3.8) is 0 Å². The summed E-state index contributed by atoms with van der Waals surface area (Å²) in [4.78, 5) is 11.6. The van der Waals surface area contributed by atoms with Gasteiger partial charge in [-0.1, -0.05) is 0 Å². The van der Waals surface area contributed by atoms with Crippen molar-refractivity contribution in [1.29, 1.82) is 0 Å². The van der Waals surface area contributed by atoms with E-state index in [1.807, 2.05) is 0 Å². The van der Waals surface area contributed by atoms with Crippen molar-refractivity contribution in [2.45, 2.75) is 4.90 Å². The maximum atomic E-state index is 13.6. The number of nitrogens with zero attached hydrogens (tertiary/aromatic N) is 2. The number of benzene rings is 1. The third kappa shape index (κ3) is 3.55. The van der Waals surface area contributed by atoms with Crippen LogP contribution in [0.3, 0.4) is 0 Å². The molecule has 0 spiro atoms. The minimum Gasteiger partial charge on any atom is -0.480 e. The van der Waals surface area contributed by atoms with Gasteiger partial charge in [-0.3, -0.25) is 9.69 Å². The first-order valence-electron chi connectivity index (χ1n) is 6.20. The van der Waals surface area contributed by atoms with Crippen LogP contribution < -0.4 is 0 Å². The lowest BCUT2D eigenvalue weighted by Crippen LogP contribution is -2.49. The molecule has 0 saturated carbocycles. The third-order valence-electron chi connectivity index (χ3n) is 3.20. The smallest absolute Gasteiger partial charge is 0.317 e. The van der Waals surface area contributed by atoms with Crippen molar-refractivity contribution in [2.75, 3.05) is 32.7 Å². The van der Waals surface area contributed by atoms with Crippen molar-refractivity contribution in [3.05, 3.63) is 29.8 Å². The van der Waals surface area contributed by atoms with Crippen molar-refractivity contribution < 1.29 is 27.1 Å². The summed E-state index contributed by atoms with van der Waals surface area (Å²) < 4.78 is 52.1. The van der Waals surface area contributed by atoms with Gasteiger partial charge in [0.05, 0.1) is 6.54 Å². The molecule has 1 aliphatic heterocycles. The Kier molecular flexibility index (Phi) is 4.55. The number of hydrogen-bond acceptors (Lipinski definition) is 4. The highest BCUT2D eigenvalue weighted by atomic mass is 32.2. The number of rotatable bonds is 4. The molecule has 0 aliphatic carbocycles. The molecule has 6 nitrogen and oxygen atoms in total. The highest BCUT2D eigenvalue weighted by molar-refractivity contribution is 7.89. The lowest BCUT2D eigenvalue weighted by Gasteiger charge is -2.33. The summed E-state index contributed by atoms with van der Waals surface area (Å²) in [5.41, 5.74) is 0. The Balaban J connectivity index is 2.13. The lowest BCUT2D eigenvalue weighted by molar-refractivity contribution is -0.138. The molecule has 0 aromatic heterocycles. The molecule has 1 aromatic carbocycles. The minimum absolute atomic E-state index is 0.0619. The summed E-state index contributed by atoms with van der Waals surface area (Å²) in [5, 5.41) is 8.67. The maximum absolute atomic E-state index is 13.6. The van der Waals surface area contributed by atoms with Gasteiger partial charge in [-0.15, -0.1) is 0 Å². The van der Waals surface area contributed by atoms with Gasteiger partial charge in [-0.05, 0) is 12.1 Å². The Morgan fingerprint density at radius 2 is 1.81 bits per heavy atom. The molecule has 1 aromatic rings. The number of sulfonamides is 1. The van der Waals surface area contributed by atoms with Crippen LogP contribution >= 0.6 is 0 Å². The standard InChI is InChI=1S/C12H14F2N2O4S/c13-9-1-2-11(10(14)7-9)21(19,20)16-5-3-15(4-6-16)8-12(17)18/h1-2,7H,3-6,8H2,(H,17,18). The van der Waals surface area contributed by atoms with E-state index in [9.17, 15) is 22.0 Å². The van der Waals surface area contributed by atoms with E-state index in [-0.39, 0.29) is 32.7 Å². The number of halogens is 2. The van der Waals surface area contributed by atoms with Gasteiger partial charge in [0.1, 0.15) is 16.5 Å². The first-order valence-corrected chi connectivity index (χ1v) is 7.64. The molecular formula is C12H14F2N2O4S. The van der Waals surface area contributed by atoms with E-state index in [1.54, 1.807) is 4.90 Å². The molecule has 1 heterocycles. The number of aliphatic carboxylic acids is 1. The molecule has 0 amide bonds. The number of piperazine rings is 1. The number of carbonyl (C=O) groups is 1. The number of carboxylic acids is 1. The summed E-state index contributed by atoms with van der Waals surface area (Å²) in [6.45, 7) is 0.445. The Morgan fingerprint density at radius 3 is 2.33 bits per heavy atom. The Bertz CT molecular complexity index is 643. The molecule has 1 N–H and O–H groups in total. The average Bonchev–Trinajstić information content (AvgIpc) is 2.38. The molecule has 2 rings (SSSR count). The SMILES string of the molecule is O=C(O)CN1CCN(S(=O)(=O)c2ccc(F)cc2F)CC1. The average molecular weight is 320 g/mol. The lowest BCUT2D eigenvalue weighted by atomic mass is 10.3. The van der Waals surface area contributed by atoms with Gasteiger partial charge in [0, 0.05) is 32.2 Å². The highest BCUT2D eigenvalue weighted by Crippen LogP contribution is 2.21. The molecule has 0 bridgehead atoms. The van der Waals surface area contributed by atoms with Gasteiger partial charge in [0.25, 0.3) is 0 Å². The van der Waals surface area contributed by atoms with Crippen LogP contribution in [0.1, 0.15) is 0 Å². The molecule has 0 atom stereocenters. The van der Waals surface area contributed by atoms with E-state index in [2.05, 4.69) is 0 Å². The quantitative estimate of drug-likeness (QED) is 0.866. The van der Waals surface area contributed by atoms with Crippen LogP contribution in [0.4, 0.5) is 8.78 Å². The predicted octanol–water partition coefficient (Wildman–Crippen LogP) is 0.356. The van der Waals surface area contributed by atoms with Crippen molar-refractivity contribution in [1.82, 2.24) is 9.21 Å². The van der Waals surface area contributed by atoms with Gasteiger partial charge in [0.2, 0.25) is 10.0 Å². The molecule has 1 aliphatic rings. The molecule has 116 valence electrons. The van der Waals surface area contributed by atoms with E-state index >= 15 is 0 Å². The molecule has 1 saturated heterocycles. The molecule has 1 fully saturated rings. The van der Waals surface area contributed by atoms with Crippen LogP contribution in [-0.4, -0.2) is 61.4 Å². The molecule has 0 unspecified atom stereocenters. The fraction of sp³-hybridized carbons (Fsp3) is 0.417. The second-order valence-electron chi connectivity index (χ2n) is 4.65. The highest BCUT2D eigenvalue weighted by Gasteiger charge is 2.31. The number of hydrogen-bond donors (Lipinski definition) is 1. The fourth-order valence-corrected chi connectivity index (χ4v) is 3.61. The topological polar surface area (TPSA) is 77.9 Å². The third-order valence-corrected chi connectivity index (χ3v) is 5.13. The summed E-state index contributed by atoms with van der Waals surface area (Å²) in [5.74, 6) is -2.98. The van der Waals surface area contributed by atoms with Gasteiger partial charge >= 0.3 is 5.97 Å². The van der Waals surface area contributed by atoms with Crippen LogP contribution in [0, 0.1) is 11.6 Å². The fourth-order valence-electron chi connectivity index (χ4n) is 2.14. The van der Waals surface area contributed by atoms with Gasteiger partial charge in [0.15, 0.2) is 0 Å². The summed E-state index contributed by atoms with van der Waals surface area (Å²) in [7, 11) is -4.04. The van der Waals surface area contributed by atoms with Crippen LogP contribution in [0.5, 0.6) is 0 Å². The molecular weight excluding hydrogens is 306 g/mol. The molecule has 21 heavy (non-hydrogen) atoms. The Hall–Kier alpha value is -1.58. The predicted molar refractivity (Wildman–Crippen MR) is 69.2 cm³/mol. The van der Waals surface area contributed by atoms with Crippen molar-refractivity contribution in [2.24, 2.45) is 0 Å². The van der Waals surface area contributed by atoms with Gasteiger partial charge in [-0.25, -0.2) is 17.2 Å². The molecule has 9 heteroatoms. The summed E-state index contributed by atoms with van der Waals surface area (Å²) >= 11 is 0. The maximum Gasteiger partial charge on any atom is 0.317 e. The zero-order valence-electron chi connectivity index (χ0n) is 11.0. The zero-order valence-corrected chi connectivity index (χ0v) is 11.8. The van der Waals surface area contributed by atoms with E-state index in [0.29, 0.717) is 6.07 Å². The first-order chi connectivity index (χ1) is 9.80. The van der Waals surface area contributed by atoms with E-state index in [0.717, 1.165) is 16.4 Å². The second-order valence-corrected chi connectivity index (χ2v) is 6.56. The van der Waals surface area contributed by atoms with Gasteiger partial charge < -0.3 is 5.11 Å². The van der Waals surface area contributed by atoms with E-state index in [1.165, 1.54) is 0 Å². The van der Waals surface area contributed by atoms with E-state index < -0.39 is 32.5 Å². The summed E-state index contributed by atoms with van der Waals surface area (Å²) in [6.07, 6.45) is 0. The first kappa shape index (κ1) is 15.8. The van der Waals surface area contributed by atoms with Crippen molar-refractivity contribution >= 4 is 16.0 Å². The molecule has 0 radical (unpaired) electrons. The van der Waals surface area contributed by atoms with Crippen LogP contribution in [0.15, 0.2) is 23.1 Å². The zero-order chi connectivity index (χ0) is 15.6.